The third-order valence-corrected chi connectivity index (χ3v) is 6.18. The molecule has 8 nitrogen and oxygen atoms in total. The van der Waals surface area contributed by atoms with Crippen LogP contribution >= 0.6 is 23.2 Å². The van der Waals surface area contributed by atoms with Gasteiger partial charge < -0.3 is 19.9 Å². The van der Waals surface area contributed by atoms with Crippen molar-refractivity contribution in [2.75, 3.05) is 11.9 Å². The van der Waals surface area contributed by atoms with Crippen LogP contribution in [0.4, 0.5) is 16.6 Å². The lowest BCUT2D eigenvalue weighted by Crippen LogP contribution is -2.32. The van der Waals surface area contributed by atoms with Crippen molar-refractivity contribution >= 4 is 41.0 Å². The number of nitrogens with zero attached hydrogens (tertiary/aromatic N) is 5. The number of aliphatic hydroxyl groups excluding tert-OH is 1. The highest BCUT2D eigenvalue weighted by atomic mass is 35.5. The van der Waals surface area contributed by atoms with Gasteiger partial charge in [0.25, 0.3) is 0 Å². The summed E-state index contributed by atoms with van der Waals surface area (Å²) in [4.78, 5) is 23.6. The molecule has 0 radical (unpaired) electrons. The number of hydrogen-bond donors (Lipinski definition) is 2. The summed E-state index contributed by atoms with van der Waals surface area (Å²) in [6, 6.07) is 12.1. The van der Waals surface area contributed by atoms with Crippen molar-refractivity contribution in [3.05, 3.63) is 82.4 Å². The molecule has 0 bridgehead atoms. The molecule has 2 N–H and O–H groups in total. The van der Waals surface area contributed by atoms with Gasteiger partial charge in [0.2, 0.25) is 5.95 Å². The summed E-state index contributed by atoms with van der Waals surface area (Å²) in [5.74, 6) is 1.24. The minimum atomic E-state index is -0.497. The first-order valence-electron chi connectivity index (χ1n) is 10.2. The number of anilines is 2. The van der Waals surface area contributed by atoms with Gasteiger partial charge in [0.1, 0.15) is 5.82 Å². The van der Waals surface area contributed by atoms with Gasteiger partial charge in [0, 0.05) is 35.7 Å². The van der Waals surface area contributed by atoms with Crippen molar-refractivity contribution in [3.8, 4) is 11.3 Å². The summed E-state index contributed by atoms with van der Waals surface area (Å²) in [7, 11) is 1.91. The van der Waals surface area contributed by atoms with Crippen molar-refractivity contribution in [2.24, 2.45) is 7.05 Å². The lowest BCUT2D eigenvalue weighted by atomic mass is 10.1. The average molecular weight is 483 g/mol. The summed E-state index contributed by atoms with van der Waals surface area (Å²) in [5.41, 5.74) is 2.79. The van der Waals surface area contributed by atoms with E-state index in [4.69, 9.17) is 23.2 Å². The average Bonchev–Trinajstić information content (AvgIpc) is 3.47. The normalized spacial score (nSPS) is 13.9. The van der Waals surface area contributed by atoms with Gasteiger partial charge in [-0.15, -0.1) is 0 Å². The fourth-order valence-electron chi connectivity index (χ4n) is 3.99. The second-order valence-electron chi connectivity index (χ2n) is 7.77. The van der Waals surface area contributed by atoms with Crippen molar-refractivity contribution in [1.29, 1.82) is 0 Å². The number of hydrogen-bond acceptors (Lipinski definition) is 5. The summed E-state index contributed by atoms with van der Waals surface area (Å²) in [5, 5.41) is 14.1. The molecular formula is C23H20Cl2N6O2. The Morgan fingerprint density at radius 2 is 2.06 bits per heavy atom. The molecule has 1 aliphatic heterocycles. The van der Waals surface area contributed by atoms with Gasteiger partial charge in [-0.2, -0.15) is 0 Å². The van der Waals surface area contributed by atoms with Gasteiger partial charge in [0.05, 0.1) is 36.1 Å². The zero-order chi connectivity index (χ0) is 23.1. The number of nitrogens with one attached hydrogen (secondary N) is 1. The Balaban J connectivity index is 1.42. The molecule has 1 atom stereocenters. The summed E-state index contributed by atoms with van der Waals surface area (Å²) < 4.78 is 3.47. The molecule has 1 aliphatic rings. The number of fused-ring (bicyclic) bond motifs is 1. The molecule has 0 unspecified atom stereocenters. The van der Waals surface area contributed by atoms with E-state index >= 15 is 0 Å². The number of benzene rings is 1. The van der Waals surface area contributed by atoms with E-state index in [1.54, 1.807) is 33.9 Å². The monoisotopic (exact) mass is 482 g/mol. The molecule has 1 aromatic carbocycles. The van der Waals surface area contributed by atoms with Crippen LogP contribution in [0.5, 0.6) is 0 Å². The second kappa shape index (κ2) is 8.55. The van der Waals surface area contributed by atoms with Crippen LogP contribution in [-0.4, -0.2) is 41.7 Å². The zero-order valence-electron chi connectivity index (χ0n) is 17.6. The Labute approximate surface area is 200 Å². The number of halogens is 2. The lowest BCUT2D eigenvalue weighted by molar-refractivity contribution is 0.141. The molecule has 3 aromatic heterocycles. The Morgan fingerprint density at radius 3 is 2.76 bits per heavy atom. The Bertz CT molecular complexity index is 1350. The smallest absolute Gasteiger partial charge is 0.329 e. The first-order chi connectivity index (χ1) is 15.9. The zero-order valence-corrected chi connectivity index (χ0v) is 19.1. The van der Waals surface area contributed by atoms with E-state index < -0.39 is 6.04 Å². The van der Waals surface area contributed by atoms with Crippen LogP contribution in [0.25, 0.3) is 11.3 Å². The molecule has 4 aromatic rings. The summed E-state index contributed by atoms with van der Waals surface area (Å²) in [6.45, 7) is 0.128. The molecular weight excluding hydrogens is 463 g/mol. The predicted molar refractivity (Wildman–Crippen MR) is 127 cm³/mol. The largest absolute Gasteiger partial charge is 0.394 e. The number of amides is 1. The maximum Gasteiger partial charge on any atom is 0.329 e. The summed E-state index contributed by atoms with van der Waals surface area (Å²) in [6.07, 6.45) is 5.16. The predicted octanol–water partition coefficient (Wildman–Crippen LogP) is 4.85. The van der Waals surface area contributed by atoms with E-state index in [9.17, 15) is 9.90 Å². The van der Waals surface area contributed by atoms with Gasteiger partial charge in [-0.1, -0.05) is 35.3 Å². The van der Waals surface area contributed by atoms with Crippen molar-refractivity contribution in [2.45, 2.75) is 12.6 Å². The van der Waals surface area contributed by atoms with Crippen molar-refractivity contribution in [3.63, 3.8) is 0 Å². The molecule has 1 amide bonds. The highest BCUT2D eigenvalue weighted by Gasteiger charge is 2.34. The van der Waals surface area contributed by atoms with Crippen LogP contribution in [-0.2, 0) is 13.6 Å². The minimum Gasteiger partial charge on any atom is -0.394 e. The van der Waals surface area contributed by atoms with Gasteiger partial charge in [-0.05, 0) is 35.9 Å². The van der Waals surface area contributed by atoms with Crippen LogP contribution in [0, 0.1) is 0 Å². The van der Waals surface area contributed by atoms with Gasteiger partial charge in [0.15, 0.2) is 0 Å². The first-order valence-corrected chi connectivity index (χ1v) is 11.0. The van der Waals surface area contributed by atoms with E-state index in [0.29, 0.717) is 33.8 Å². The number of aromatic nitrogens is 4. The van der Waals surface area contributed by atoms with Crippen molar-refractivity contribution in [1.82, 2.24) is 24.0 Å². The highest BCUT2D eigenvalue weighted by molar-refractivity contribution is 6.33. The molecule has 0 saturated carbocycles. The molecule has 33 heavy (non-hydrogen) atoms. The van der Waals surface area contributed by atoms with Crippen LogP contribution in [0.15, 0.2) is 61.1 Å². The first kappa shape index (κ1) is 21.5. The third kappa shape index (κ3) is 3.97. The van der Waals surface area contributed by atoms with E-state index in [1.807, 2.05) is 42.1 Å². The molecule has 4 heterocycles. The Morgan fingerprint density at radius 1 is 1.21 bits per heavy atom. The van der Waals surface area contributed by atoms with Crippen LogP contribution in [0.1, 0.15) is 17.3 Å². The quantitative estimate of drug-likeness (QED) is 0.409. The Hall–Kier alpha value is -3.33. The van der Waals surface area contributed by atoms with E-state index in [1.165, 1.54) is 6.20 Å². The highest BCUT2D eigenvalue weighted by Crippen LogP contribution is 2.34. The number of aliphatic hydroxyl groups is 1. The van der Waals surface area contributed by atoms with E-state index in [0.717, 1.165) is 17.1 Å². The fraction of sp³-hybridized carbons (Fsp3) is 0.174. The summed E-state index contributed by atoms with van der Waals surface area (Å²) >= 11 is 12.5. The number of carbonyl (C=O) groups is 1. The third-order valence-electron chi connectivity index (χ3n) is 5.67. The van der Waals surface area contributed by atoms with Crippen LogP contribution in [0.2, 0.25) is 10.0 Å². The number of rotatable bonds is 6. The maximum atomic E-state index is 13.2. The minimum absolute atomic E-state index is 0.213. The lowest BCUT2D eigenvalue weighted by Gasteiger charge is -2.26. The second-order valence-corrected chi connectivity index (χ2v) is 8.62. The number of aryl methyl sites for hydroxylation is 1. The van der Waals surface area contributed by atoms with E-state index in [2.05, 4.69) is 15.3 Å². The van der Waals surface area contributed by atoms with Gasteiger partial charge in [-0.3, -0.25) is 4.57 Å². The van der Waals surface area contributed by atoms with Crippen molar-refractivity contribution < 1.29 is 9.90 Å². The van der Waals surface area contributed by atoms with Gasteiger partial charge in [-0.25, -0.2) is 14.8 Å². The fourth-order valence-corrected chi connectivity index (χ4v) is 4.39. The van der Waals surface area contributed by atoms with Gasteiger partial charge >= 0.3 is 6.03 Å². The Kier molecular flexibility index (Phi) is 5.57. The molecule has 168 valence electrons. The maximum absolute atomic E-state index is 13.2. The van der Waals surface area contributed by atoms with E-state index in [-0.39, 0.29) is 12.6 Å². The standard InChI is InChI=1S/C23H20Cl2N6O2/c1-29-7-3-6-20(29)27-22-26-10-18(25)21(28-22)15-9-17-12-31(23(33)30(17)11-15)19(13-32)14-4-2-5-16(24)8-14/h2-11,19,32H,12-13H2,1H3,(H,26,27,28)/t19-/m1/s1. The molecule has 5 rings (SSSR count). The molecule has 0 saturated heterocycles. The SMILES string of the molecule is Cn1cccc1Nc1ncc(Cl)c(-c2cc3n(c2)C(=O)N([C@H](CO)c2cccc(Cl)c2)C3)n1. The molecule has 0 spiro atoms. The topological polar surface area (TPSA) is 88.2 Å². The van der Waals surface area contributed by atoms with Crippen LogP contribution in [0.3, 0.4) is 0 Å². The molecule has 0 aliphatic carbocycles. The van der Waals surface area contributed by atoms with Crippen LogP contribution < -0.4 is 5.32 Å². The molecule has 10 heteroatoms. The molecule has 0 fully saturated rings. The number of carbonyl (C=O) groups excluding carboxylic acids is 1.